The molecule has 0 unspecified atom stereocenters. The average Bonchev–Trinajstić information content (AvgIpc) is 3.43. The van der Waals surface area contributed by atoms with E-state index in [1.165, 1.54) is 35.1 Å². The number of amides is 1. The molecule has 1 aliphatic rings. The van der Waals surface area contributed by atoms with E-state index in [0.717, 1.165) is 48.4 Å². The second-order valence-corrected chi connectivity index (χ2v) is 9.80. The number of carbonyl (C=O) groups is 2. The van der Waals surface area contributed by atoms with Crippen LogP contribution in [0.3, 0.4) is 0 Å². The second kappa shape index (κ2) is 11.1. The Kier molecular flexibility index (Phi) is 7.89. The van der Waals surface area contributed by atoms with E-state index in [2.05, 4.69) is 15.5 Å². The van der Waals surface area contributed by atoms with Crippen molar-refractivity contribution >= 4 is 40.0 Å². The van der Waals surface area contributed by atoms with Crippen LogP contribution in [-0.2, 0) is 28.9 Å². The molecule has 1 aromatic carbocycles. The van der Waals surface area contributed by atoms with Gasteiger partial charge in [0.05, 0.1) is 25.0 Å². The highest BCUT2D eigenvalue weighted by Gasteiger charge is 2.27. The number of aryl methyl sites for hydroxylation is 1. The van der Waals surface area contributed by atoms with Gasteiger partial charge >= 0.3 is 5.97 Å². The molecule has 34 heavy (non-hydrogen) atoms. The van der Waals surface area contributed by atoms with Gasteiger partial charge in [0.2, 0.25) is 5.91 Å². The zero-order chi connectivity index (χ0) is 24.1. The second-order valence-electron chi connectivity index (χ2n) is 7.75. The fourth-order valence-electron chi connectivity index (χ4n) is 4.03. The number of thioether (sulfide) groups is 1. The van der Waals surface area contributed by atoms with Crippen molar-refractivity contribution in [2.75, 3.05) is 24.8 Å². The number of nitrogens with one attached hydrogen (secondary N) is 1. The molecule has 1 amide bonds. The predicted octanol–water partition coefficient (Wildman–Crippen LogP) is 4.82. The predicted molar refractivity (Wildman–Crippen MR) is 134 cm³/mol. The van der Waals surface area contributed by atoms with Crippen molar-refractivity contribution in [3.63, 3.8) is 0 Å². The number of esters is 1. The highest BCUT2D eigenvalue weighted by molar-refractivity contribution is 7.99. The highest BCUT2D eigenvalue weighted by Crippen LogP contribution is 2.38. The van der Waals surface area contributed by atoms with Crippen LogP contribution in [0.2, 0.25) is 0 Å². The Morgan fingerprint density at radius 1 is 1.15 bits per heavy atom. The quantitative estimate of drug-likeness (QED) is 0.332. The SMILES string of the molecule is CCOc1ccc(-c2nnc(SCC(=O)Nc3sc4c(c3C(=O)OC)CCCC4)n2CC)cc1. The van der Waals surface area contributed by atoms with Crippen molar-refractivity contribution in [3.8, 4) is 17.1 Å². The molecule has 0 aliphatic heterocycles. The maximum atomic E-state index is 12.8. The summed E-state index contributed by atoms with van der Waals surface area (Å²) < 4.78 is 12.5. The third-order valence-electron chi connectivity index (χ3n) is 5.60. The number of anilines is 1. The number of hydrogen-bond donors (Lipinski definition) is 1. The first kappa shape index (κ1) is 24.3. The smallest absolute Gasteiger partial charge is 0.341 e. The van der Waals surface area contributed by atoms with E-state index in [9.17, 15) is 9.59 Å². The minimum Gasteiger partial charge on any atom is -0.494 e. The fraction of sp³-hybridized carbons (Fsp3) is 0.417. The summed E-state index contributed by atoms with van der Waals surface area (Å²) in [4.78, 5) is 26.4. The van der Waals surface area contributed by atoms with E-state index in [4.69, 9.17) is 9.47 Å². The van der Waals surface area contributed by atoms with Crippen LogP contribution in [0.15, 0.2) is 29.4 Å². The minimum atomic E-state index is -0.395. The maximum absolute atomic E-state index is 12.8. The molecule has 3 aromatic rings. The van der Waals surface area contributed by atoms with Crippen LogP contribution in [0.5, 0.6) is 5.75 Å². The molecule has 0 saturated heterocycles. The van der Waals surface area contributed by atoms with Crippen LogP contribution in [0.25, 0.3) is 11.4 Å². The molecule has 10 heteroatoms. The molecule has 0 saturated carbocycles. The summed E-state index contributed by atoms with van der Waals surface area (Å²) in [5, 5.41) is 12.8. The molecule has 0 radical (unpaired) electrons. The first-order chi connectivity index (χ1) is 16.5. The Morgan fingerprint density at radius 2 is 1.91 bits per heavy atom. The lowest BCUT2D eigenvalue weighted by Crippen LogP contribution is -2.17. The Balaban J connectivity index is 1.46. The summed E-state index contributed by atoms with van der Waals surface area (Å²) in [5.41, 5.74) is 2.47. The minimum absolute atomic E-state index is 0.157. The summed E-state index contributed by atoms with van der Waals surface area (Å²) >= 11 is 2.81. The zero-order valence-corrected chi connectivity index (χ0v) is 21.2. The largest absolute Gasteiger partial charge is 0.494 e. The van der Waals surface area contributed by atoms with Crippen molar-refractivity contribution in [1.29, 1.82) is 0 Å². The van der Waals surface area contributed by atoms with Crippen molar-refractivity contribution in [3.05, 3.63) is 40.3 Å². The van der Waals surface area contributed by atoms with Crippen LogP contribution < -0.4 is 10.1 Å². The summed E-state index contributed by atoms with van der Waals surface area (Å²) in [6.45, 7) is 5.25. The molecule has 4 rings (SSSR count). The highest BCUT2D eigenvalue weighted by atomic mass is 32.2. The van der Waals surface area contributed by atoms with Gasteiger partial charge in [-0.3, -0.25) is 4.79 Å². The summed E-state index contributed by atoms with van der Waals surface area (Å²) in [6, 6.07) is 7.73. The number of hydrogen-bond acceptors (Lipinski definition) is 8. The molecular weight excluding hydrogens is 472 g/mol. The van der Waals surface area contributed by atoms with Gasteiger partial charge < -0.3 is 19.4 Å². The first-order valence-corrected chi connectivity index (χ1v) is 13.2. The number of fused-ring (bicyclic) bond motifs is 1. The number of ether oxygens (including phenoxy) is 2. The van der Waals surface area contributed by atoms with Gasteiger partial charge in [0, 0.05) is 17.0 Å². The maximum Gasteiger partial charge on any atom is 0.341 e. The Hall–Kier alpha value is -2.85. The van der Waals surface area contributed by atoms with Gasteiger partial charge in [-0.2, -0.15) is 0 Å². The lowest BCUT2D eigenvalue weighted by atomic mass is 9.95. The molecule has 0 spiro atoms. The number of thiophene rings is 1. The lowest BCUT2D eigenvalue weighted by molar-refractivity contribution is -0.113. The first-order valence-electron chi connectivity index (χ1n) is 11.4. The van der Waals surface area contributed by atoms with E-state index in [-0.39, 0.29) is 11.7 Å². The van der Waals surface area contributed by atoms with Gasteiger partial charge in [-0.1, -0.05) is 11.8 Å². The van der Waals surface area contributed by atoms with E-state index < -0.39 is 5.97 Å². The third kappa shape index (κ3) is 5.12. The van der Waals surface area contributed by atoms with Crippen molar-refractivity contribution in [2.24, 2.45) is 0 Å². The van der Waals surface area contributed by atoms with E-state index in [1.54, 1.807) is 0 Å². The molecule has 2 aromatic heterocycles. The number of methoxy groups -OCH3 is 1. The number of carbonyl (C=O) groups excluding carboxylic acids is 2. The van der Waals surface area contributed by atoms with Gasteiger partial charge in [-0.15, -0.1) is 21.5 Å². The molecule has 0 atom stereocenters. The molecule has 1 N–H and O–H groups in total. The number of benzene rings is 1. The number of rotatable bonds is 9. The number of aromatic nitrogens is 3. The van der Waals surface area contributed by atoms with Crippen LogP contribution >= 0.6 is 23.1 Å². The summed E-state index contributed by atoms with van der Waals surface area (Å²) in [7, 11) is 1.37. The molecule has 1 aliphatic carbocycles. The van der Waals surface area contributed by atoms with E-state index in [0.29, 0.717) is 28.9 Å². The average molecular weight is 501 g/mol. The summed E-state index contributed by atoms with van der Waals surface area (Å²) in [6.07, 6.45) is 3.92. The van der Waals surface area contributed by atoms with Crippen LogP contribution in [0, 0.1) is 0 Å². The Bertz CT molecular complexity index is 1170. The topological polar surface area (TPSA) is 95.3 Å². The monoisotopic (exact) mass is 500 g/mol. The molecule has 2 heterocycles. The van der Waals surface area contributed by atoms with Gasteiger partial charge in [0.15, 0.2) is 11.0 Å². The van der Waals surface area contributed by atoms with E-state index in [1.807, 2.05) is 42.7 Å². The molecular formula is C24H28N4O4S2. The number of nitrogens with zero attached hydrogens (tertiary/aromatic N) is 3. The fourth-order valence-corrected chi connectivity index (χ4v) is 6.12. The lowest BCUT2D eigenvalue weighted by Gasteiger charge is -2.11. The normalized spacial score (nSPS) is 12.8. The van der Waals surface area contributed by atoms with Gasteiger partial charge in [0.25, 0.3) is 0 Å². The van der Waals surface area contributed by atoms with Crippen LogP contribution in [0.4, 0.5) is 5.00 Å². The Morgan fingerprint density at radius 3 is 2.62 bits per heavy atom. The van der Waals surface area contributed by atoms with Gasteiger partial charge in [-0.05, 0) is 69.4 Å². The van der Waals surface area contributed by atoms with Crippen LogP contribution in [-0.4, -0.2) is 46.1 Å². The third-order valence-corrected chi connectivity index (χ3v) is 7.78. The molecule has 0 fully saturated rings. The van der Waals surface area contributed by atoms with Gasteiger partial charge in [-0.25, -0.2) is 4.79 Å². The molecule has 180 valence electrons. The molecule has 0 bridgehead atoms. The molecule has 8 nitrogen and oxygen atoms in total. The van der Waals surface area contributed by atoms with Gasteiger partial charge in [0.1, 0.15) is 10.8 Å². The van der Waals surface area contributed by atoms with Crippen molar-refractivity contribution in [2.45, 2.75) is 51.2 Å². The van der Waals surface area contributed by atoms with E-state index >= 15 is 0 Å². The zero-order valence-electron chi connectivity index (χ0n) is 19.6. The Labute approximate surface area is 207 Å². The van der Waals surface area contributed by atoms with Crippen molar-refractivity contribution < 1.29 is 19.1 Å². The van der Waals surface area contributed by atoms with Crippen LogP contribution in [0.1, 0.15) is 47.5 Å². The standard InChI is InChI=1S/C24H28N4O4S2/c1-4-28-21(15-10-12-16(13-11-15)32-5-2)26-27-24(28)33-14-19(29)25-22-20(23(30)31-3)17-8-6-7-9-18(17)34-22/h10-13H,4-9,14H2,1-3H3,(H,25,29). The van der Waals surface area contributed by atoms with Crippen molar-refractivity contribution in [1.82, 2.24) is 14.8 Å². The summed E-state index contributed by atoms with van der Waals surface area (Å²) in [5.74, 6) is 1.12.